The fraction of sp³-hybridized carbons (Fsp3) is 0. The van der Waals surface area contributed by atoms with E-state index in [2.05, 4.69) is 20.9 Å². The molecule has 0 atom stereocenters. The van der Waals surface area contributed by atoms with E-state index >= 15 is 0 Å². The number of H-pyrrole nitrogens is 1. The third kappa shape index (κ3) is 2.06. The van der Waals surface area contributed by atoms with Gasteiger partial charge in [-0.3, -0.25) is 4.57 Å². The molecule has 0 aliphatic rings. The first-order chi connectivity index (χ1) is 9.47. The molecule has 0 amide bonds. The Labute approximate surface area is 125 Å². The topological polar surface area (TPSA) is 20.7 Å². The second-order valence-electron chi connectivity index (χ2n) is 4.14. The van der Waals surface area contributed by atoms with Crippen molar-refractivity contribution < 1.29 is 13.2 Å². The molecular weight excluding hydrogens is 353 g/mol. The van der Waals surface area contributed by atoms with Crippen LogP contribution in [0.1, 0.15) is 0 Å². The Kier molecular flexibility index (Phi) is 3.18. The fourth-order valence-corrected chi connectivity index (χ4v) is 2.64. The number of nitrogens with one attached hydrogen (secondary N) is 1. The highest BCUT2D eigenvalue weighted by molar-refractivity contribution is 9.10. The lowest BCUT2D eigenvalue weighted by atomic mass is 10.2. The van der Waals surface area contributed by atoms with Gasteiger partial charge < -0.3 is 4.98 Å². The molecule has 0 radical (unpaired) electrons. The Morgan fingerprint density at radius 1 is 1.05 bits per heavy atom. The third-order valence-corrected chi connectivity index (χ3v) is 3.77. The van der Waals surface area contributed by atoms with E-state index in [1.165, 1.54) is 28.8 Å². The van der Waals surface area contributed by atoms with Gasteiger partial charge >= 0.3 is 0 Å². The summed E-state index contributed by atoms with van der Waals surface area (Å²) in [5.74, 6) is -1.89. The average Bonchev–Trinajstić information content (AvgIpc) is 2.69. The summed E-state index contributed by atoms with van der Waals surface area (Å²) in [6.07, 6.45) is 0. The number of nitrogens with zero attached hydrogens (tertiary/aromatic N) is 1. The van der Waals surface area contributed by atoms with Crippen LogP contribution in [0.2, 0.25) is 0 Å². The smallest absolute Gasteiger partial charge is 0.182 e. The maximum atomic E-state index is 14.0. The number of halogens is 4. The van der Waals surface area contributed by atoms with Gasteiger partial charge in [-0.2, -0.15) is 0 Å². The molecule has 1 heterocycles. The van der Waals surface area contributed by atoms with Gasteiger partial charge in [0.2, 0.25) is 0 Å². The van der Waals surface area contributed by atoms with Gasteiger partial charge in [0.15, 0.2) is 4.77 Å². The zero-order chi connectivity index (χ0) is 14.4. The Bertz CT molecular complexity index is 885. The Hall–Kier alpha value is -1.60. The summed E-state index contributed by atoms with van der Waals surface area (Å²) in [7, 11) is 0. The molecule has 0 unspecified atom stereocenters. The standard InChI is InChI=1S/C13H6BrF3N2S/c14-7-4-12(9(17)5-8(7)16)19-11-2-1-6(15)3-10(11)18-13(19)20/h1-5H,(H,18,20). The zero-order valence-corrected chi connectivity index (χ0v) is 12.2. The van der Waals surface area contributed by atoms with E-state index < -0.39 is 17.5 Å². The number of aromatic nitrogens is 2. The summed E-state index contributed by atoms with van der Waals surface area (Å²) in [5.41, 5.74) is 1.03. The van der Waals surface area contributed by atoms with Crippen LogP contribution in [-0.4, -0.2) is 9.55 Å². The molecule has 3 aromatic rings. The summed E-state index contributed by atoms with van der Waals surface area (Å²) < 4.78 is 42.1. The summed E-state index contributed by atoms with van der Waals surface area (Å²) in [4.78, 5) is 2.79. The predicted octanol–water partition coefficient (Wildman–Crippen LogP) is 4.87. The molecule has 0 fully saturated rings. The van der Waals surface area contributed by atoms with Crippen LogP contribution >= 0.6 is 28.1 Å². The van der Waals surface area contributed by atoms with E-state index in [9.17, 15) is 13.2 Å². The van der Waals surface area contributed by atoms with E-state index in [1.807, 2.05) is 0 Å². The Balaban J connectivity index is 2.38. The number of imidazole rings is 1. The maximum Gasteiger partial charge on any atom is 0.182 e. The van der Waals surface area contributed by atoms with Gasteiger partial charge in [-0.1, -0.05) is 0 Å². The highest BCUT2D eigenvalue weighted by Gasteiger charge is 2.14. The quantitative estimate of drug-likeness (QED) is 0.486. The molecule has 1 N–H and O–H groups in total. The fourth-order valence-electron chi connectivity index (χ4n) is 2.01. The number of benzene rings is 2. The largest absolute Gasteiger partial charge is 0.330 e. The van der Waals surface area contributed by atoms with Gasteiger partial charge in [-0.15, -0.1) is 0 Å². The lowest BCUT2D eigenvalue weighted by Crippen LogP contribution is -1.99. The van der Waals surface area contributed by atoms with Gasteiger partial charge in [0.1, 0.15) is 17.5 Å². The summed E-state index contributed by atoms with van der Waals surface area (Å²) >= 11 is 8.13. The number of aromatic amines is 1. The highest BCUT2D eigenvalue weighted by atomic mass is 79.9. The molecule has 1 aromatic heterocycles. The molecule has 0 aliphatic heterocycles. The Morgan fingerprint density at radius 2 is 1.80 bits per heavy atom. The number of hydrogen-bond donors (Lipinski definition) is 1. The second-order valence-corrected chi connectivity index (χ2v) is 5.39. The van der Waals surface area contributed by atoms with Crippen molar-refractivity contribution in [3.63, 3.8) is 0 Å². The van der Waals surface area contributed by atoms with E-state index in [0.717, 1.165) is 6.07 Å². The number of rotatable bonds is 1. The van der Waals surface area contributed by atoms with Crippen LogP contribution in [0.15, 0.2) is 34.8 Å². The molecule has 20 heavy (non-hydrogen) atoms. The molecular formula is C13H6BrF3N2S. The van der Waals surface area contributed by atoms with E-state index in [1.54, 1.807) is 0 Å². The molecule has 0 aliphatic carbocycles. The molecule has 0 saturated carbocycles. The van der Waals surface area contributed by atoms with Crippen LogP contribution in [0.5, 0.6) is 0 Å². The third-order valence-electron chi connectivity index (χ3n) is 2.87. The van der Waals surface area contributed by atoms with Gasteiger partial charge in [0.05, 0.1) is 21.2 Å². The van der Waals surface area contributed by atoms with Crippen molar-refractivity contribution in [1.82, 2.24) is 9.55 Å². The van der Waals surface area contributed by atoms with Crippen molar-refractivity contribution >= 4 is 39.2 Å². The number of fused-ring (bicyclic) bond motifs is 1. The molecule has 2 nitrogen and oxygen atoms in total. The van der Waals surface area contributed by atoms with Crippen molar-refractivity contribution in [3.8, 4) is 5.69 Å². The number of hydrogen-bond acceptors (Lipinski definition) is 1. The SMILES string of the molecule is Fc1ccc2c(c1)[nH]c(=S)n2-c1cc(Br)c(F)cc1F. The predicted molar refractivity (Wildman–Crippen MR) is 76.0 cm³/mol. The van der Waals surface area contributed by atoms with Crippen LogP contribution in [-0.2, 0) is 0 Å². The summed E-state index contributed by atoms with van der Waals surface area (Å²) in [5, 5.41) is 0. The van der Waals surface area contributed by atoms with Crippen LogP contribution in [0.25, 0.3) is 16.7 Å². The first-order valence-corrected chi connectivity index (χ1v) is 6.72. The minimum atomic E-state index is -0.757. The normalized spacial score (nSPS) is 11.2. The highest BCUT2D eigenvalue weighted by Crippen LogP contribution is 2.26. The van der Waals surface area contributed by atoms with Crippen LogP contribution in [0, 0.1) is 22.2 Å². The molecule has 7 heteroatoms. The lowest BCUT2D eigenvalue weighted by Gasteiger charge is -2.07. The van der Waals surface area contributed by atoms with E-state index in [4.69, 9.17) is 12.2 Å². The molecule has 0 saturated heterocycles. The van der Waals surface area contributed by atoms with E-state index in [-0.39, 0.29) is 14.9 Å². The van der Waals surface area contributed by atoms with Crippen molar-refractivity contribution in [2.24, 2.45) is 0 Å². The van der Waals surface area contributed by atoms with Crippen molar-refractivity contribution in [3.05, 3.63) is 57.0 Å². The molecule has 0 bridgehead atoms. The van der Waals surface area contributed by atoms with Gasteiger partial charge in [0, 0.05) is 6.07 Å². The van der Waals surface area contributed by atoms with Crippen molar-refractivity contribution in [1.29, 1.82) is 0 Å². The van der Waals surface area contributed by atoms with Gasteiger partial charge in [0.25, 0.3) is 0 Å². The van der Waals surface area contributed by atoms with Gasteiger partial charge in [-0.05, 0) is 52.4 Å². The maximum absolute atomic E-state index is 14.0. The molecule has 0 spiro atoms. The van der Waals surface area contributed by atoms with Crippen molar-refractivity contribution in [2.45, 2.75) is 0 Å². The minimum absolute atomic E-state index is 0.0844. The monoisotopic (exact) mass is 358 g/mol. The van der Waals surface area contributed by atoms with Crippen molar-refractivity contribution in [2.75, 3.05) is 0 Å². The summed E-state index contributed by atoms with van der Waals surface area (Å²) in [6, 6.07) is 6.05. The zero-order valence-electron chi connectivity index (χ0n) is 9.75. The lowest BCUT2D eigenvalue weighted by molar-refractivity contribution is 0.574. The van der Waals surface area contributed by atoms with Gasteiger partial charge in [-0.25, -0.2) is 13.2 Å². The second kappa shape index (κ2) is 4.75. The Morgan fingerprint density at radius 3 is 2.55 bits per heavy atom. The summed E-state index contributed by atoms with van der Waals surface area (Å²) in [6.45, 7) is 0. The first kappa shape index (κ1) is 13.4. The van der Waals surface area contributed by atoms with Crippen LogP contribution in [0.3, 0.4) is 0 Å². The average molecular weight is 359 g/mol. The molecule has 3 rings (SSSR count). The van der Waals surface area contributed by atoms with E-state index in [0.29, 0.717) is 11.0 Å². The molecule has 2 aromatic carbocycles. The minimum Gasteiger partial charge on any atom is -0.330 e. The van der Waals surface area contributed by atoms with Crippen LogP contribution < -0.4 is 0 Å². The first-order valence-electron chi connectivity index (χ1n) is 5.52. The van der Waals surface area contributed by atoms with Crippen LogP contribution in [0.4, 0.5) is 13.2 Å². The molecule has 102 valence electrons.